The Labute approximate surface area is 96.6 Å². The summed E-state index contributed by atoms with van der Waals surface area (Å²) in [4.78, 5) is 0. The van der Waals surface area contributed by atoms with Gasteiger partial charge in [-0.05, 0) is 30.5 Å². The van der Waals surface area contributed by atoms with E-state index in [1.807, 2.05) is 6.92 Å². The molecular weight excluding hydrogens is 205 g/mol. The topological polar surface area (TPSA) is 35.2 Å². The largest absolute Gasteiger partial charge is 0.374 e. The molecule has 0 spiro atoms. The van der Waals surface area contributed by atoms with Crippen LogP contribution in [0.3, 0.4) is 0 Å². The van der Waals surface area contributed by atoms with E-state index in [4.69, 9.17) is 10.5 Å². The third-order valence-electron chi connectivity index (χ3n) is 2.78. The summed E-state index contributed by atoms with van der Waals surface area (Å²) in [5, 5.41) is 0. The van der Waals surface area contributed by atoms with Crippen molar-refractivity contribution in [2.24, 2.45) is 11.7 Å². The Morgan fingerprint density at radius 3 is 2.56 bits per heavy atom. The SMILES string of the molecule is CC(C)C(C)OCc1ccc(F)c(CN)c1. The van der Waals surface area contributed by atoms with E-state index in [1.54, 1.807) is 12.1 Å². The lowest BCUT2D eigenvalue weighted by atomic mass is 10.1. The first-order valence-electron chi connectivity index (χ1n) is 5.63. The van der Waals surface area contributed by atoms with Crippen LogP contribution in [0.25, 0.3) is 0 Å². The summed E-state index contributed by atoms with van der Waals surface area (Å²) < 4.78 is 18.8. The van der Waals surface area contributed by atoms with Gasteiger partial charge in [-0.1, -0.05) is 19.9 Å². The van der Waals surface area contributed by atoms with Crippen LogP contribution in [0, 0.1) is 11.7 Å². The fourth-order valence-corrected chi connectivity index (χ4v) is 1.29. The monoisotopic (exact) mass is 225 g/mol. The van der Waals surface area contributed by atoms with Gasteiger partial charge in [0.15, 0.2) is 0 Å². The average Bonchev–Trinajstić information content (AvgIpc) is 2.27. The van der Waals surface area contributed by atoms with Crippen molar-refractivity contribution in [1.29, 1.82) is 0 Å². The molecule has 0 fully saturated rings. The molecule has 1 unspecified atom stereocenters. The molecule has 0 heterocycles. The molecule has 0 aliphatic heterocycles. The maximum atomic E-state index is 13.2. The van der Waals surface area contributed by atoms with Crippen molar-refractivity contribution in [2.45, 2.75) is 40.0 Å². The average molecular weight is 225 g/mol. The molecule has 3 heteroatoms. The van der Waals surface area contributed by atoms with Crippen molar-refractivity contribution in [3.63, 3.8) is 0 Å². The summed E-state index contributed by atoms with van der Waals surface area (Å²) in [5.74, 6) is 0.234. The van der Waals surface area contributed by atoms with Crippen molar-refractivity contribution in [3.8, 4) is 0 Å². The minimum Gasteiger partial charge on any atom is -0.374 e. The molecule has 1 aromatic carbocycles. The van der Waals surface area contributed by atoms with E-state index >= 15 is 0 Å². The van der Waals surface area contributed by atoms with Crippen molar-refractivity contribution >= 4 is 0 Å². The second-order valence-electron chi connectivity index (χ2n) is 4.39. The highest BCUT2D eigenvalue weighted by Gasteiger charge is 2.08. The second kappa shape index (κ2) is 5.97. The Kier molecular flexibility index (Phi) is 4.90. The van der Waals surface area contributed by atoms with Crippen LogP contribution in [0.4, 0.5) is 4.39 Å². The molecule has 2 N–H and O–H groups in total. The number of hydrogen-bond donors (Lipinski definition) is 1. The van der Waals surface area contributed by atoms with Crippen LogP contribution in [0.15, 0.2) is 18.2 Å². The molecule has 1 atom stereocenters. The summed E-state index contributed by atoms with van der Waals surface area (Å²) in [7, 11) is 0. The van der Waals surface area contributed by atoms with Crippen LogP contribution in [0.5, 0.6) is 0 Å². The zero-order valence-corrected chi connectivity index (χ0v) is 10.2. The molecule has 0 bridgehead atoms. The molecule has 2 nitrogen and oxygen atoms in total. The van der Waals surface area contributed by atoms with Gasteiger partial charge in [-0.2, -0.15) is 0 Å². The third kappa shape index (κ3) is 3.58. The molecular formula is C13H20FNO. The zero-order chi connectivity index (χ0) is 12.1. The highest BCUT2D eigenvalue weighted by atomic mass is 19.1. The molecule has 0 saturated heterocycles. The Bertz CT molecular complexity index is 339. The molecule has 1 rings (SSSR count). The van der Waals surface area contributed by atoms with Gasteiger partial charge in [0, 0.05) is 12.1 Å². The molecule has 0 amide bonds. The normalized spacial score (nSPS) is 13.1. The first-order chi connectivity index (χ1) is 7.54. The number of hydrogen-bond acceptors (Lipinski definition) is 2. The number of ether oxygens (including phenoxy) is 1. The van der Waals surface area contributed by atoms with Crippen molar-refractivity contribution in [1.82, 2.24) is 0 Å². The molecule has 0 radical (unpaired) electrons. The van der Waals surface area contributed by atoms with Gasteiger partial charge >= 0.3 is 0 Å². The summed E-state index contributed by atoms with van der Waals surface area (Å²) in [6, 6.07) is 4.95. The Morgan fingerprint density at radius 1 is 1.31 bits per heavy atom. The first kappa shape index (κ1) is 13.1. The Balaban J connectivity index is 2.61. The van der Waals surface area contributed by atoms with E-state index < -0.39 is 0 Å². The van der Waals surface area contributed by atoms with E-state index in [1.165, 1.54) is 6.07 Å². The zero-order valence-electron chi connectivity index (χ0n) is 10.2. The maximum absolute atomic E-state index is 13.2. The van der Waals surface area contributed by atoms with Crippen molar-refractivity contribution in [2.75, 3.05) is 0 Å². The molecule has 90 valence electrons. The number of rotatable bonds is 5. The van der Waals surface area contributed by atoms with Crippen LogP contribution in [0.2, 0.25) is 0 Å². The Hall–Kier alpha value is -0.930. The van der Waals surface area contributed by atoms with Crippen LogP contribution >= 0.6 is 0 Å². The quantitative estimate of drug-likeness (QED) is 0.836. The number of nitrogens with two attached hydrogens (primary N) is 1. The minimum atomic E-state index is -0.247. The van der Waals surface area contributed by atoms with Crippen LogP contribution in [-0.4, -0.2) is 6.10 Å². The van der Waals surface area contributed by atoms with Gasteiger partial charge in [0.1, 0.15) is 5.82 Å². The van der Waals surface area contributed by atoms with Crippen LogP contribution in [-0.2, 0) is 17.9 Å². The summed E-state index contributed by atoms with van der Waals surface area (Å²) >= 11 is 0. The predicted octanol–water partition coefficient (Wildman–Crippen LogP) is 2.85. The highest BCUT2D eigenvalue weighted by Crippen LogP contribution is 2.13. The lowest BCUT2D eigenvalue weighted by molar-refractivity contribution is 0.0234. The number of halogens is 1. The van der Waals surface area contributed by atoms with Gasteiger partial charge in [0.05, 0.1) is 12.7 Å². The van der Waals surface area contributed by atoms with Crippen molar-refractivity contribution in [3.05, 3.63) is 35.1 Å². The van der Waals surface area contributed by atoms with E-state index in [-0.39, 0.29) is 18.5 Å². The first-order valence-corrected chi connectivity index (χ1v) is 5.63. The van der Waals surface area contributed by atoms with Gasteiger partial charge in [-0.3, -0.25) is 0 Å². The lowest BCUT2D eigenvalue weighted by Gasteiger charge is -2.16. The fourth-order valence-electron chi connectivity index (χ4n) is 1.29. The predicted molar refractivity (Wildman–Crippen MR) is 63.4 cm³/mol. The minimum absolute atomic E-state index is 0.200. The van der Waals surface area contributed by atoms with Crippen LogP contribution < -0.4 is 5.73 Å². The van der Waals surface area contributed by atoms with E-state index in [0.717, 1.165) is 5.56 Å². The molecule has 1 aromatic rings. The van der Waals surface area contributed by atoms with Gasteiger partial charge in [-0.25, -0.2) is 4.39 Å². The molecule has 0 aliphatic rings. The molecule has 0 saturated carbocycles. The second-order valence-corrected chi connectivity index (χ2v) is 4.39. The summed E-state index contributed by atoms with van der Waals surface area (Å²) in [6.07, 6.45) is 0.200. The highest BCUT2D eigenvalue weighted by molar-refractivity contribution is 5.24. The number of benzene rings is 1. The molecule has 0 aliphatic carbocycles. The van der Waals surface area contributed by atoms with Crippen LogP contribution in [0.1, 0.15) is 31.9 Å². The van der Waals surface area contributed by atoms with E-state index in [2.05, 4.69) is 13.8 Å². The standard InChI is InChI=1S/C13H20FNO/c1-9(2)10(3)16-8-11-4-5-13(14)12(6-11)7-15/h4-6,9-10H,7-8,15H2,1-3H3. The summed E-state index contributed by atoms with van der Waals surface area (Å²) in [5.41, 5.74) is 6.95. The molecule has 16 heavy (non-hydrogen) atoms. The van der Waals surface area contributed by atoms with Gasteiger partial charge in [0.2, 0.25) is 0 Å². The summed E-state index contributed by atoms with van der Waals surface area (Å²) in [6.45, 7) is 6.99. The van der Waals surface area contributed by atoms with E-state index in [0.29, 0.717) is 18.1 Å². The van der Waals surface area contributed by atoms with Gasteiger partial charge < -0.3 is 10.5 Å². The third-order valence-corrected chi connectivity index (χ3v) is 2.78. The smallest absolute Gasteiger partial charge is 0.127 e. The fraction of sp³-hybridized carbons (Fsp3) is 0.538. The van der Waals surface area contributed by atoms with Crippen molar-refractivity contribution < 1.29 is 9.13 Å². The lowest BCUT2D eigenvalue weighted by Crippen LogP contribution is -2.15. The van der Waals surface area contributed by atoms with Gasteiger partial charge in [0.25, 0.3) is 0 Å². The molecule has 0 aromatic heterocycles. The maximum Gasteiger partial charge on any atom is 0.127 e. The van der Waals surface area contributed by atoms with Gasteiger partial charge in [-0.15, -0.1) is 0 Å². The Morgan fingerprint density at radius 2 is 2.00 bits per heavy atom. The van der Waals surface area contributed by atoms with E-state index in [9.17, 15) is 4.39 Å².